The maximum atomic E-state index is 9.20. The molecule has 0 aliphatic heterocycles. The van der Waals surface area contributed by atoms with Gasteiger partial charge in [-0.3, -0.25) is 0 Å². The second-order valence-electron chi connectivity index (χ2n) is 5.10. The summed E-state index contributed by atoms with van der Waals surface area (Å²) in [7, 11) is 0. The van der Waals surface area contributed by atoms with Crippen LogP contribution < -0.4 is 5.73 Å². The lowest BCUT2D eigenvalue weighted by atomic mass is 10.1. The first-order valence-corrected chi connectivity index (χ1v) is 7.08. The van der Waals surface area contributed by atoms with E-state index in [1.54, 1.807) is 0 Å². The lowest BCUT2D eigenvalue weighted by Crippen LogP contribution is -2.03. The number of nitrogens with zero attached hydrogens (tertiary/aromatic N) is 2. The van der Waals surface area contributed by atoms with Gasteiger partial charge in [0.15, 0.2) is 0 Å². The summed E-state index contributed by atoms with van der Waals surface area (Å²) in [5.41, 5.74) is 9.92. The molecule has 0 radical (unpaired) electrons. The van der Waals surface area contributed by atoms with Crippen LogP contribution in [0.5, 0.6) is 0 Å². The Bertz CT molecular complexity index is 809. The summed E-state index contributed by atoms with van der Waals surface area (Å²) in [6.07, 6.45) is 2.97. The molecule has 0 amide bonds. The first kappa shape index (κ1) is 13.4. The highest BCUT2D eigenvalue weighted by molar-refractivity contribution is 5.83. The summed E-state index contributed by atoms with van der Waals surface area (Å²) in [6.45, 7) is 1.36. The molecule has 1 heterocycles. The van der Waals surface area contributed by atoms with Crippen LogP contribution in [0.4, 0.5) is 0 Å². The first-order valence-electron chi connectivity index (χ1n) is 7.08. The smallest absolute Gasteiger partial charge is 0.0995 e. The molecule has 0 fully saturated rings. The largest absolute Gasteiger partial charge is 0.343 e. The zero-order valence-corrected chi connectivity index (χ0v) is 11.8. The van der Waals surface area contributed by atoms with E-state index in [-0.39, 0.29) is 0 Å². The molecule has 0 spiro atoms. The molecule has 3 heteroatoms. The molecule has 0 saturated heterocycles. The highest BCUT2D eigenvalue weighted by Gasteiger charge is 2.07. The van der Waals surface area contributed by atoms with Crippen molar-refractivity contribution in [2.45, 2.75) is 13.0 Å². The van der Waals surface area contributed by atoms with E-state index < -0.39 is 0 Å². The molecule has 21 heavy (non-hydrogen) atoms. The molecule has 2 aromatic carbocycles. The second-order valence-corrected chi connectivity index (χ2v) is 5.10. The van der Waals surface area contributed by atoms with Gasteiger partial charge >= 0.3 is 0 Å². The summed E-state index contributed by atoms with van der Waals surface area (Å²) in [6, 6.07) is 18.4. The Kier molecular flexibility index (Phi) is 3.72. The van der Waals surface area contributed by atoms with E-state index in [1.807, 2.05) is 24.3 Å². The predicted molar refractivity (Wildman–Crippen MR) is 85.0 cm³/mol. The van der Waals surface area contributed by atoms with Crippen LogP contribution in [0.25, 0.3) is 10.9 Å². The minimum absolute atomic E-state index is 0.654. The molecular weight excluding hydrogens is 258 g/mol. The molecule has 0 saturated carbocycles. The van der Waals surface area contributed by atoms with E-state index in [9.17, 15) is 5.26 Å². The number of nitriles is 1. The van der Waals surface area contributed by atoms with Crippen LogP contribution in [0, 0.1) is 11.3 Å². The fourth-order valence-electron chi connectivity index (χ4n) is 2.75. The molecule has 3 nitrogen and oxygen atoms in total. The van der Waals surface area contributed by atoms with E-state index in [2.05, 4.69) is 41.1 Å². The Morgan fingerprint density at radius 3 is 2.62 bits per heavy atom. The van der Waals surface area contributed by atoms with Crippen LogP contribution in [0.3, 0.4) is 0 Å². The van der Waals surface area contributed by atoms with Gasteiger partial charge in [0.2, 0.25) is 0 Å². The number of benzene rings is 2. The Morgan fingerprint density at radius 1 is 1.00 bits per heavy atom. The molecule has 2 N–H and O–H groups in total. The van der Waals surface area contributed by atoms with Gasteiger partial charge in [0.05, 0.1) is 11.6 Å². The van der Waals surface area contributed by atoms with Crippen molar-refractivity contribution in [3.05, 3.63) is 71.4 Å². The van der Waals surface area contributed by atoms with Gasteiger partial charge in [-0.2, -0.15) is 5.26 Å². The van der Waals surface area contributed by atoms with Crippen LogP contribution in [-0.4, -0.2) is 11.1 Å². The quantitative estimate of drug-likeness (QED) is 0.795. The molecule has 0 atom stereocenters. The topological polar surface area (TPSA) is 54.7 Å². The van der Waals surface area contributed by atoms with E-state index in [4.69, 9.17) is 5.73 Å². The maximum absolute atomic E-state index is 9.20. The summed E-state index contributed by atoms with van der Waals surface area (Å²) >= 11 is 0. The van der Waals surface area contributed by atoms with Crippen molar-refractivity contribution in [2.75, 3.05) is 6.54 Å². The molecule has 0 unspecified atom stereocenters. The van der Waals surface area contributed by atoms with Gasteiger partial charge in [-0.1, -0.05) is 30.3 Å². The predicted octanol–water partition coefficient (Wildman–Crippen LogP) is 3.06. The number of aromatic nitrogens is 1. The molecule has 0 aliphatic rings. The van der Waals surface area contributed by atoms with Gasteiger partial charge in [-0.25, -0.2) is 0 Å². The van der Waals surface area contributed by atoms with E-state index in [1.165, 1.54) is 16.5 Å². The summed E-state index contributed by atoms with van der Waals surface area (Å²) < 4.78 is 2.19. The fourth-order valence-corrected chi connectivity index (χ4v) is 2.75. The highest BCUT2D eigenvalue weighted by Crippen LogP contribution is 2.22. The lowest BCUT2D eigenvalue weighted by molar-refractivity contribution is 0.834. The van der Waals surface area contributed by atoms with Crippen molar-refractivity contribution in [1.29, 1.82) is 5.26 Å². The van der Waals surface area contributed by atoms with Crippen LogP contribution in [0.15, 0.2) is 54.7 Å². The average Bonchev–Trinajstić information content (AvgIpc) is 2.92. The Labute approximate surface area is 124 Å². The standard InChI is InChI=1S/C18H17N3/c19-10-8-14-6-3-7-18-17(14)9-11-21(18)13-16-5-2-1-4-15(16)12-20/h1-7,9,11H,8,10,13,19H2. The van der Waals surface area contributed by atoms with E-state index >= 15 is 0 Å². The van der Waals surface area contributed by atoms with Gasteiger partial charge in [0.25, 0.3) is 0 Å². The number of hydrogen-bond donors (Lipinski definition) is 1. The minimum atomic E-state index is 0.654. The molecule has 3 rings (SSSR count). The van der Waals surface area contributed by atoms with Crippen molar-refractivity contribution >= 4 is 10.9 Å². The summed E-state index contributed by atoms with van der Waals surface area (Å²) in [5, 5.41) is 10.4. The Balaban J connectivity index is 2.02. The van der Waals surface area contributed by atoms with Crippen molar-refractivity contribution in [1.82, 2.24) is 4.57 Å². The SMILES string of the molecule is N#Cc1ccccc1Cn1ccc2c(CCN)cccc21. The molecular formula is C18H17N3. The third kappa shape index (κ3) is 2.54. The normalized spacial score (nSPS) is 10.7. The molecule has 0 bridgehead atoms. The number of nitrogens with two attached hydrogens (primary N) is 1. The average molecular weight is 275 g/mol. The van der Waals surface area contributed by atoms with Gasteiger partial charge in [-0.15, -0.1) is 0 Å². The number of rotatable bonds is 4. The second kappa shape index (κ2) is 5.82. The zero-order chi connectivity index (χ0) is 14.7. The molecule has 1 aromatic heterocycles. The monoisotopic (exact) mass is 275 g/mol. The van der Waals surface area contributed by atoms with Gasteiger partial charge in [-0.05, 0) is 42.3 Å². The summed E-state index contributed by atoms with van der Waals surface area (Å²) in [5.74, 6) is 0. The van der Waals surface area contributed by atoms with Crippen molar-refractivity contribution in [3.8, 4) is 6.07 Å². The highest BCUT2D eigenvalue weighted by atomic mass is 14.9. The molecule has 0 aliphatic carbocycles. The third-order valence-corrected chi connectivity index (χ3v) is 3.80. The third-order valence-electron chi connectivity index (χ3n) is 3.80. The zero-order valence-electron chi connectivity index (χ0n) is 11.8. The maximum Gasteiger partial charge on any atom is 0.0995 e. The lowest BCUT2D eigenvalue weighted by Gasteiger charge is -2.08. The van der Waals surface area contributed by atoms with Crippen molar-refractivity contribution < 1.29 is 0 Å². The summed E-state index contributed by atoms with van der Waals surface area (Å²) in [4.78, 5) is 0. The first-order chi connectivity index (χ1) is 10.3. The molecule has 3 aromatic rings. The number of hydrogen-bond acceptors (Lipinski definition) is 2. The minimum Gasteiger partial charge on any atom is -0.343 e. The Hall–Kier alpha value is -2.57. The van der Waals surface area contributed by atoms with Crippen molar-refractivity contribution in [3.63, 3.8) is 0 Å². The van der Waals surface area contributed by atoms with Crippen LogP contribution in [0.2, 0.25) is 0 Å². The Morgan fingerprint density at radius 2 is 1.81 bits per heavy atom. The number of fused-ring (bicyclic) bond motifs is 1. The van der Waals surface area contributed by atoms with Gasteiger partial charge in [0, 0.05) is 23.6 Å². The van der Waals surface area contributed by atoms with E-state index in [0.29, 0.717) is 13.1 Å². The molecule has 104 valence electrons. The van der Waals surface area contributed by atoms with Gasteiger partial charge < -0.3 is 10.3 Å². The van der Waals surface area contributed by atoms with Gasteiger partial charge in [0.1, 0.15) is 0 Å². The van der Waals surface area contributed by atoms with Crippen LogP contribution in [0.1, 0.15) is 16.7 Å². The van der Waals surface area contributed by atoms with Crippen molar-refractivity contribution in [2.24, 2.45) is 5.73 Å². The van der Waals surface area contributed by atoms with Crippen LogP contribution in [-0.2, 0) is 13.0 Å². The van der Waals surface area contributed by atoms with E-state index in [0.717, 1.165) is 17.5 Å². The van der Waals surface area contributed by atoms with Crippen LogP contribution >= 0.6 is 0 Å². The fraction of sp³-hybridized carbons (Fsp3) is 0.167.